The van der Waals surface area contributed by atoms with E-state index in [0.29, 0.717) is 10.7 Å². The van der Waals surface area contributed by atoms with Gasteiger partial charge in [-0.3, -0.25) is 0 Å². The lowest BCUT2D eigenvalue weighted by molar-refractivity contribution is 0.602. The first kappa shape index (κ1) is 14.6. The lowest BCUT2D eigenvalue weighted by atomic mass is 10.2. The monoisotopic (exact) mass is 314 g/mol. The molecule has 0 atom stereocenters. The Hall–Kier alpha value is -1.79. The molecule has 0 radical (unpaired) electrons. The summed E-state index contributed by atoms with van der Waals surface area (Å²) in [5.74, 6) is -0.515. The number of nitrogens with one attached hydrogen (secondary N) is 1. The van der Waals surface area contributed by atoms with Crippen LogP contribution in [-0.2, 0) is 9.84 Å². The van der Waals surface area contributed by atoms with Crippen molar-refractivity contribution in [1.82, 2.24) is 0 Å². The quantitative estimate of drug-likeness (QED) is 0.853. The van der Waals surface area contributed by atoms with Crippen LogP contribution in [0.3, 0.4) is 0 Å². The zero-order valence-electron chi connectivity index (χ0n) is 10.5. The van der Waals surface area contributed by atoms with Gasteiger partial charge in [0.2, 0.25) is 0 Å². The molecule has 0 aliphatic rings. The van der Waals surface area contributed by atoms with Gasteiger partial charge in [0.05, 0.1) is 22.0 Å². The molecular weight excluding hydrogens is 303 g/mol. The second-order valence-corrected chi connectivity index (χ2v) is 6.66. The van der Waals surface area contributed by atoms with E-state index in [0.717, 1.165) is 6.26 Å². The highest BCUT2D eigenvalue weighted by atomic mass is 35.5. The maximum Gasteiger partial charge on any atom is 0.177 e. The van der Waals surface area contributed by atoms with E-state index in [9.17, 15) is 12.8 Å². The van der Waals surface area contributed by atoms with Gasteiger partial charge in [0.1, 0.15) is 5.82 Å². The molecule has 2 rings (SSSR count). The van der Waals surface area contributed by atoms with Gasteiger partial charge in [-0.1, -0.05) is 17.7 Å². The van der Waals surface area contributed by atoms with Crippen LogP contribution in [0.1, 0.15) is 0 Å². The topological polar surface area (TPSA) is 72.2 Å². The molecule has 0 heterocycles. The van der Waals surface area contributed by atoms with Gasteiger partial charge in [0, 0.05) is 11.3 Å². The SMILES string of the molecule is CS(=O)(=O)c1cccc(Nc2cc(Cl)ccc2F)c1N. The minimum absolute atomic E-state index is 0.00932. The van der Waals surface area contributed by atoms with Gasteiger partial charge in [0.25, 0.3) is 0 Å². The Bertz CT molecular complexity index is 763. The van der Waals surface area contributed by atoms with E-state index in [2.05, 4.69) is 5.32 Å². The predicted molar refractivity (Wildman–Crippen MR) is 78.7 cm³/mol. The lowest BCUT2D eigenvalue weighted by Gasteiger charge is -2.13. The van der Waals surface area contributed by atoms with E-state index in [4.69, 9.17) is 17.3 Å². The average Bonchev–Trinajstić information content (AvgIpc) is 2.35. The summed E-state index contributed by atoms with van der Waals surface area (Å²) in [4.78, 5) is -0.00932. The van der Waals surface area contributed by atoms with Crippen LogP contribution in [-0.4, -0.2) is 14.7 Å². The summed E-state index contributed by atoms with van der Waals surface area (Å²) in [6.07, 6.45) is 1.06. The number of nitrogen functional groups attached to an aromatic ring is 1. The molecule has 2 aromatic rings. The second-order valence-electron chi connectivity index (χ2n) is 4.24. The Morgan fingerprint density at radius 3 is 2.55 bits per heavy atom. The molecule has 0 fully saturated rings. The van der Waals surface area contributed by atoms with E-state index in [1.54, 1.807) is 6.07 Å². The Morgan fingerprint density at radius 1 is 1.20 bits per heavy atom. The largest absolute Gasteiger partial charge is 0.396 e. The van der Waals surface area contributed by atoms with Crippen LogP contribution < -0.4 is 11.1 Å². The predicted octanol–water partition coefficient (Wildman–Crippen LogP) is 3.21. The van der Waals surface area contributed by atoms with Gasteiger partial charge in [0.15, 0.2) is 9.84 Å². The third kappa shape index (κ3) is 3.02. The summed E-state index contributed by atoms with van der Waals surface area (Å²) in [6.45, 7) is 0. The molecule has 3 N–H and O–H groups in total. The van der Waals surface area contributed by atoms with Crippen LogP contribution in [0.5, 0.6) is 0 Å². The Morgan fingerprint density at radius 2 is 1.90 bits per heavy atom. The Labute approximate surface area is 121 Å². The normalized spacial score (nSPS) is 11.3. The van der Waals surface area contributed by atoms with Crippen LogP contribution in [0, 0.1) is 5.82 Å². The number of rotatable bonds is 3. The maximum absolute atomic E-state index is 13.6. The summed E-state index contributed by atoms with van der Waals surface area (Å²) >= 11 is 5.79. The zero-order valence-corrected chi connectivity index (χ0v) is 12.1. The highest BCUT2D eigenvalue weighted by molar-refractivity contribution is 7.90. The third-order valence-electron chi connectivity index (χ3n) is 2.66. The number of anilines is 3. The van der Waals surface area contributed by atoms with Gasteiger partial charge in [-0.2, -0.15) is 0 Å². The highest BCUT2D eigenvalue weighted by Gasteiger charge is 2.15. The molecule has 20 heavy (non-hydrogen) atoms. The number of hydrogen-bond donors (Lipinski definition) is 2. The van der Waals surface area contributed by atoms with Gasteiger partial charge in [-0.15, -0.1) is 0 Å². The van der Waals surface area contributed by atoms with Crippen molar-refractivity contribution in [1.29, 1.82) is 0 Å². The molecule has 0 aromatic heterocycles. The van der Waals surface area contributed by atoms with E-state index in [1.807, 2.05) is 0 Å². The summed E-state index contributed by atoms with van der Waals surface area (Å²) in [5, 5.41) is 3.10. The van der Waals surface area contributed by atoms with Crippen molar-refractivity contribution in [2.45, 2.75) is 4.90 Å². The summed E-state index contributed by atoms with van der Waals surface area (Å²) in [5.41, 5.74) is 6.27. The van der Waals surface area contributed by atoms with Crippen molar-refractivity contribution in [3.8, 4) is 0 Å². The number of sulfone groups is 1. The first-order chi connectivity index (χ1) is 9.29. The average molecular weight is 315 g/mol. The minimum atomic E-state index is -3.45. The van der Waals surface area contributed by atoms with E-state index in [1.165, 1.54) is 30.3 Å². The molecule has 2 aromatic carbocycles. The fourth-order valence-electron chi connectivity index (χ4n) is 1.71. The molecule has 0 saturated carbocycles. The van der Waals surface area contributed by atoms with Gasteiger partial charge in [-0.25, -0.2) is 12.8 Å². The second kappa shape index (κ2) is 5.30. The molecule has 7 heteroatoms. The smallest absolute Gasteiger partial charge is 0.177 e. The van der Waals surface area contributed by atoms with Crippen LogP contribution in [0.25, 0.3) is 0 Å². The summed E-state index contributed by atoms with van der Waals surface area (Å²) in [7, 11) is -3.45. The van der Waals surface area contributed by atoms with Crippen molar-refractivity contribution >= 4 is 38.5 Å². The van der Waals surface area contributed by atoms with Gasteiger partial charge >= 0.3 is 0 Å². The van der Waals surface area contributed by atoms with Crippen LogP contribution in [0.15, 0.2) is 41.3 Å². The number of hydrogen-bond acceptors (Lipinski definition) is 4. The first-order valence-corrected chi connectivity index (χ1v) is 7.86. The van der Waals surface area contributed by atoms with Crippen LogP contribution in [0.2, 0.25) is 5.02 Å². The molecule has 0 saturated heterocycles. The fraction of sp³-hybridized carbons (Fsp3) is 0.0769. The van der Waals surface area contributed by atoms with Crippen molar-refractivity contribution in [2.75, 3.05) is 17.3 Å². The minimum Gasteiger partial charge on any atom is -0.396 e. The number of halogens is 2. The van der Waals surface area contributed by atoms with Gasteiger partial charge < -0.3 is 11.1 Å². The first-order valence-electron chi connectivity index (χ1n) is 5.59. The summed E-state index contributed by atoms with van der Waals surface area (Å²) < 4.78 is 36.8. The molecule has 4 nitrogen and oxygen atoms in total. The molecule has 0 amide bonds. The zero-order chi connectivity index (χ0) is 14.9. The van der Waals surface area contributed by atoms with Gasteiger partial charge in [-0.05, 0) is 30.3 Å². The van der Waals surface area contributed by atoms with Crippen molar-refractivity contribution < 1.29 is 12.8 Å². The van der Waals surface area contributed by atoms with E-state index >= 15 is 0 Å². The molecule has 0 bridgehead atoms. The van der Waals surface area contributed by atoms with Crippen LogP contribution >= 0.6 is 11.6 Å². The van der Waals surface area contributed by atoms with Crippen molar-refractivity contribution in [3.05, 3.63) is 47.2 Å². The molecule has 0 spiro atoms. The number of nitrogens with two attached hydrogens (primary N) is 1. The number of benzene rings is 2. The number of para-hydroxylation sites is 1. The molecule has 0 aliphatic heterocycles. The fourth-order valence-corrected chi connectivity index (χ4v) is 2.72. The molecular formula is C13H12ClFN2O2S. The maximum atomic E-state index is 13.6. The van der Waals surface area contributed by atoms with Crippen molar-refractivity contribution in [3.63, 3.8) is 0 Å². The molecule has 0 unspecified atom stereocenters. The van der Waals surface area contributed by atoms with Crippen molar-refractivity contribution in [2.24, 2.45) is 0 Å². The molecule has 106 valence electrons. The standard InChI is InChI=1S/C13H12ClFN2O2S/c1-20(18,19)12-4-2-3-10(13(12)16)17-11-7-8(14)5-6-9(11)15/h2-7,17H,16H2,1H3. The highest BCUT2D eigenvalue weighted by Crippen LogP contribution is 2.31. The van der Waals surface area contributed by atoms with Crippen LogP contribution in [0.4, 0.5) is 21.5 Å². The third-order valence-corrected chi connectivity index (χ3v) is 4.05. The molecule has 0 aliphatic carbocycles. The van der Waals surface area contributed by atoms with E-state index < -0.39 is 15.7 Å². The summed E-state index contributed by atoms with van der Waals surface area (Å²) in [6, 6.07) is 8.50. The lowest BCUT2D eigenvalue weighted by Crippen LogP contribution is -2.05. The Balaban J connectivity index is 2.47. The Kier molecular flexibility index (Phi) is 3.87. The van der Waals surface area contributed by atoms with E-state index in [-0.39, 0.29) is 16.3 Å².